The van der Waals surface area contributed by atoms with Gasteiger partial charge in [0.15, 0.2) is 0 Å². The average molecular weight is 930 g/mol. The van der Waals surface area contributed by atoms with Gasteiger partial charge in [0.1, 0.15) is 11.6 Å². The highest BCUT2D eigenvalue weighted by molar-refractivity contribution is 9.10. The van der Waals surface area contributed by atoms with Gasteiger partial charge in [-0.1, -0.05) is 204 Å². The van der Waals surface area contributed by atoms with E-state index in [1.54, 1.807) is 28.8 Å². The van der Waals surface area contributed by atoms with E-state index in [9.17, 15) is 9.59 Å². The Bertz CT molecular complexity index is 3230. The Hall–Kier alpha value is -7.50. The van der Waals surface area contributed by atoms with Crippen molar-refractivity contribution in [1.29, 1.82) is 0 Å². The van der Waals surface area contributed by atoms with Gasteiger partial charge < -0.3 is 10.0 Å². The average Bonchev–Trinajstić information content (AvgIpc) is 3.36. The second-order valence-electron chi connectivity index (χ2n) is 15.7. The van der Waals surface area contributed by atoms with Crippen LogP contribution in [0.25, 0.3) is 32.9 Å². The number of hydrogen-bond acceptors (Lipinski definition) is 6. The summed E-state index contributed by atoms with van der Waals surface area (Å²) in [5.41, 5.74) is 8.29. The van der Waals surface area contributed by atoms with Gasteiger partial charge in [-0.05, 0) is 83.0 Å². The lowest BCUT2D eigenvalue weighted by atomic mass is 9.81. The van der Waals surface area contributed by atoms with Crippen molar-refractivity contribution < 1.29 is 10.0 Å². The Morgan fingerprint density at radius 2 is 0.788 bits per heavy atom. The molecule has 0 amide bonds. The Labute approximate surface area is 392 Å². The Morgan fingerprint density at radius 1 is 0.439 bits per heavy atom. The first kappa shape index (κ1) is 45.1. The van der Waals surface area contributed by atoms with Crippen LogP contribution < -0.4 is 16.6 Å². The van der Waals surface area contributed by atoms with Gasteiger partial charge in [0, 0.05) is 4.47 Å². The van der Waals surface area contributed by atoms with E-state index < -0.39 is 7.12 Å². The van der Waals surface area contributed by atoms with Gasteiger partial charge in [0.25, 0.3) is 11.1 Å². The van der Waals surface area contributed by atoms with Crippen LogP contribution in [0, 0.1) is 13.8 Å². The van der Waals surface area contributed by atoms with Gasteiger partial charge >= 0.3 is 7.12 Å². The number of halogens is 1. The number of hydrogen-bond donors (Lipinski definition) is 2. The molecule has 0 aliphatic carbocycles. The number of aryl methyl sites for hydroxylation is 2. The number of benzene rings is 8. The molecular formula is C56H46BBrN4O4. The molecule has 324 valence electrons. The molecule has 0 aliphatic rings. The first-order valence-electron chi connectivity index (χ1n) is 21.6. The topological polar surface area (TPSA) is 110 Å². The molecular weight excluding hydrogens is 883 g/mol. The van der Waals surface area contributed by atoms with Crippen molar-refractivity contribution in [2.75, 3.05) is 0 Å². The fourth-order valence-corrected chi connectivity index (χ4v) is 8.51. The lowest BCUT2D eigenvalue weighted by Crippen LogP contribution is -2.29. The molecule has 10 aromatic rings. The molecule has 8 nitrogen and oxygen atoms in total. The molecule has 2 N–H and O–H groups in total. The van der Waals surface area contributed by atoms with Crippen molar-refractivity contribution in [2.45, 2.75) is 25.9 Å². The highest BCUT2D eigenvalue weighted by Crippen LogP contribution is 2.30. The summed E-state index contributed by atoms with van der Waals surface area (Å²) >= 11 is 3.45. The van der Waals surface area contributed by atoms with Crippen molar-refractivity contribution in [1.82, 2.24) is 19.1 Å². The number of rotatable bonds is 8. The van der Waals surface area contributed by atoms with E-state index in [1.165, 1.54) is 0 Å². The summed E-state index contributed by atoms with van der Waals surface area (Å²) in [6, 6.07) is 70.3. The maximum atomic E-state index is 13.7. The second kappa shape index (κ2) is 21.0. The molecule has 0 radical (unpaired) electrons. The van der Waals surface area contributed by atoms with Crippen molar-refractivity contribution in [3.63, 3.8) is 0 Å². The Kier molecular flexibility index (Phi) is 14.3. The Morgan fingerprint density at radius 3 is 1.17 bits per heavy atom. The normalized spacial score (nSPS) is 10.9. The molecule has 0 aliphatic heterocycles. The summed E-state index contributed by atoms with van der Waals surface area (Å²) in [5, 5.41) is 18.4. The SMILES string of the molecule is Cc1nc2cc(-c3ccccc3)ccc2c(=O)n1C(c1ccccc1)c1ccccc1.Cc1nc2cc(Br)ccc2c(=O)n1C(c1ccccc1)c1ccccc1.OB(O)c1ccccc1. The second-order valence-corrected chi connectivity index (χ2v) is 16.6. The molecule has 0 saturated heterocycles. The van der Waals surface area contributed by atoms with E-state index in [0.29, 0.717) is 33.4 Å². The van der Waals surface area contributed by atoms with Crippen LogP contribution >= 0.6 is 15.9 Å². The van der Waals surface area contributed by atoms with Gasteiger partial charge in [-0.25, -0.2) is 9.97 Å². The molecule has 2 aromatic heterocycles. The van der Waals surface area contributed by atoms with Crippen LogP contribution in [-0.2, 0) is 0 Å². The molecule has 0 bridgehead atoms. The molecule has 2 heterocycles. The lowest BCUT2D eigenvalue weighted by Gasteiger charge is -2.23. The standard InChI is InChI=1S/C28H22N2O.C22H17BrN2O.C6H7BO2/c1-20-29-26-19-24(21-11-5-2-6-12-21)17-18-25(26)28(31)30(20)27(22-13-7-3-8-14-22)23-15-9-4-10-16-23;1-15-24-20-14-18(23)12-13-19(20)22(26)25(15)21(16-8-4-2-5-9-16)17-10-6-3-7-11-17;8-7(9)6-4-2-1-3-5-6/h2-19,27H,1H3;2-14,21H,1H3;1-5,8-9H. The summed E-state index contributed by atoms with van der Waals surface area (Å²) in [6.07, 6.45) is 0. The van der Waals surface area contributed by atoms with Crippen molar-refractivity contribution in [2.24, 2.45) is 0 Å². The monoisotopic (exact) mass is 928 g/mol. The number of fused-ring (bicyclic) bond motifs is 2. The molecule has 0 saturated carbocycles. The maximum Gasteiger partial charge on any atom is 0.488 e. The van der Waals surface area contributed by atoms with Crippen molar-refractivity contribution in [3.05, 3.63) is 277 Å². The third-order valence-electron chi connectivity index (χ3n) is 11.3. The number of nitrogens with zero attached hydrogens (tertiary/aromatic N) is 4. The first-order valence-corrected chi connectivity index (χ1v) is 22.3. The summed E-state index contributed by atoms with van der Waals surface area (Å²) in [5.74, 6) is 1.39. The van der Waals surface area contributed by atoms with Crippen LogP contribution in [0.15, 0.2) is 232 Å². The third-order valence-corrected chi connectivity index (χ3v) is 11.8. The minimum atomic E-state index is -1.34. The fourth-order valence-electron chi connectivity index (χ4n) is 8.16. The molecule has 10 heteroatoms. The summed E-state index contributed by atoms with van der Waals surface area (Å²) in [7, 11) is -1.34. The molecule has 10 rings (SSSR count). The van der Waals surface area contributed by atoms with Gasteiger partial charge in [0.05, 0.1) is 33.9 Å². The van der Waals surface area contributed by atoms with Gasteiger partial charge in [-0.15, -0.1) is 0 Å². The fraction of sp³-hybridized carbons (Fsp3) is 0.0714. The van der Waals surface area contributed by atoms with Crippen molar-refractivity contribution >= 4 is 50.3 Å². The number of aromatic nitrogens is 4. The van der Waals surface area contributed by atoms with Crippen LogP contribution in [0.4, 0.5) is 0 Å². The van der Waals surface area contributed by atoms with Crippen LogP contribution in [0.3, 0.4) is 0 Å². The Balaban J connectivity index is 0.000000153. The summed E-state index contributed by atoms with van der Waals surface area (Å²) < 4.78 is 4.52. The van der Waals surface area contributed by atoms with Crippen LogP contribution in [-0.4, -0.2) is 36.3 Å². The predicted octanol–water partition coefficient (Wildman–Crippen LogP) is 10.5. The highest BCUT2D eigenvalue weighted by atomic mass is 79.9. The highest BCUT2D eigenvalue weighted by Gasteiger charge is 2.23. The van der Waals surface area contributed by atoms with Gasteiger partial charge in [0.2, 0.25) is 0 Å². The summed E-state index contributed by atoms with van der Waals surface area (Å²) in [6.45, 7) is 3.80. The molecule has 66 heavy (non-hydrogen) atoms. The third kappa shape index (κ3) is 10.2. The smallest absolute Gasteiger partial charge is 0.423 e. The minimum absolute atomic E-state index is 0.0279. The molecule has 0 spiro atoms. The summed E-state index contributed by atoms with van der Waals surface area (Å²) in [4.78, 5) is 36.6. The van der Waals surface area contributed by atoms with Gasteiger partial charge in [-0.3, -0.25) is 18.7 Å². The first-order chi connectivity index (χ1) is 32.2. The van der Waals surface area contributed by atoms with E-state index in [0.717, 1.165) is 43.4 Å². The van der Waals surface area contributed by atoms with Crippen molar-refractivity contribution in [3.8, 4) is 11.1 Å². The minimum Gasteiger partial charge on any atom is -0.423 e. The van der Waals surface area contributed by atoms with E-state index in [2.05, 4.69) is 76.6 Å². The molecule has 0 atom stereocenters. The molecule has 0 fully saturated rings. The largest absolute Gasteiger partial charge is 0.488 e. The van der Waals surface area contributed by atoms with Crippen LogP contribution in [0.5, 0.6) is 0 Å². The zero-order valence-corrected chi connectivity index (χ0v) is 38.0. The van der Waals surface area contributed by atoms with E-state index in [1.807, 2.05) is 152 Å². The predicted molar refractivity (Wildman–Crippen MR) is 271 cm³/mol. The van der Waals surface area contributed by atoms with Crippen LogP contribution in [0.2, 0.25) is 0 Å². The van der Waals surface area contributed by atoms with E-state index >= 15 is 0 Å². The van der Waals surface area contributed by atoms with Crippen LogP contribution in [0.1, 0.15) is 46.0 Å². The zero-order chi connectivity index (χ0) is 46.0. The zero-order valence-electron chi connectivity index (χ0n) is 36.4. The molecule has 0 unspecified atom stereocenters. The molecule has 8 aromatic carbocycles. The van der Waals surface area contributed by atoms with E-state index in [4.69, 9.17) is 20.0 Å². The quantitative estimate of drug-likeness (QED) is 0.147. The van der Waals surface area contributed by atoms with Gasteiger partial charge in [-0.2, -0.15) is 0 Å². The maximum absolute atomic E-state index is 13.7. The van der Waals surface area contributed by atoms with E-state index in [-0.39, 0.29) is 23.2 Å². The lowest BCUT2D eigenvalue weighted by molar-refractivity contribution is 0.426.